The molecule has 128 valence electrons. The summed E-state index contributed by atoms with van der Waals surface area (Å²) in [5.74, 6) is 0. The summed E-state index contributed by atoms with van der Waals surface area (Å²) in [5.41, 5.74) is 4.72. The van der Waals surface area contributed by atoms with Gasteiger partial charge in [0.1, 0.15) is 0 Å². The number of carbonyl (C=O) groups is 1. The average molecular weight is 334 g/mol. The van der Waals surface area contributed by atoms with Gasteiger partial charge in [0.2, 0.25) is 0 Å². The van der Waals surface area contributed by atoms with Crippen LogP contribution in [-0.2, 0) is 0 Å². The first kappa shape index (κ1) is 16.8. The molecule has 1 heterocycles. The Morgan fingerprint density at radius 2 is 1.80 bits per heavy atom. The van der Waals surface area contributed by atoms with E-state index in [1.165, 1.54) is 0 Å². The Morgan fingerprint density at radius 3 is 2.48 bits per heavy atom. The van der Waals surface area contributed by atoms with Crippen LogP contribution in [0.25, 0.3) is 5.69 Å². The molecule has 0 aliphatic heterocycles. The average Bonchev–Trinajstić information content (AvgIpc) is 2.94. The van der Waals surface area contributed by atoms with Crippen molar-refractivity contribution in [1.29, 1.82) is 0 Å². The molecule has 1 atom stereocenters. The minimum atomic E-state index is -0.234. The highest BCUT2D eigenvalue weighted by Crippen LogP contribution is 2.17. The molecule has 2 aromatic carbocycles. The number of nitrogens with zero attached hydrogens (tertiary/aromatic N) is 2. The van der Waals surface area contributed by atoms with Gasteiger partial charge in [0, 0.05) is 11.4 Å². The summed E-state index contributed by atoms with van der Waals surface area (Å²) in [4.78, 5) is 12.3. The summed E-state index contributed by atoms with van der Waals surface area (Å²) in [5, 5.41) is 10.3. The lowest BCUT2D eigenvalue weighted by Gasteiger charge is -2.15. The van der Waals surface area contributed by atoms with Gasteiger partial charge in [-0.05, 0) is 50.6 Å². The molecule has 0 bridgehead atoms. The summed E-state index contributed by atoms with van der Waals surface area (Å²) in [6.07, 6.45) is 0. The maximum atomic E-state index is 12.3. The van der Waals surface area contributed by atoms with Crippen molar-refractivity contribution in [3.05, 3.63) is 77.6 Å². The Morgan fingerprint density at radius 1 is 1.04 bits per heavy atom. The van der Waals surface area contributed by atoms with Crippen molar-refractivity contribution in [2.45, 2.75) is 26.8 Å². The maximum absolute atomic E-state index is 12.3. The standard InChI is InChI=1S/C20H22N4O/c1-14-12-15(2)24(23-14)19-11-7-10-18(13-19)22-20(25)21-16(3)17-8-5-4-6-9-17/h4-13,16H,1-3H3,(H2,21,22,25). The predicted octanol–water partition coefficient (Wildman–Crippen LogP) is 4.37. The molecule has 3 rings (SSSR count). The lowest BCUT2D eigenvalue weighted by molar-refractivity contribution is 0.249. The number of carbonyl (C=O) groups excluding carboxylic acids is 1. The Balaban J connectivity index is 1.70. The zero-order valence-corrected chi connectivity index (χ0v) is 14.7. The van der Waals surface area contributed by atoms with Crippen LogP contribution in [0.15, 0.2) is 60.7 Å². The fourth-order valence-corrected chi connectivity index (χ4v) is 2.79. The Kier molecular flexibility index (Phi) is 4.84. The van der Waals surface area contributed by atoms with Gasteiger partial charge in [0.05, 0.1) is 17.4 Å². The third kappa shape index (κ3) is 4.07. The summed E-state index contributed by atoms with van der Waals surface area (Å²) in [6.45, 7) is 5.93. The second-order valence-electron chi connectivity index (χ2n) is 6.12. The second kappa shape index (κ2) is 7.21. The molecule has 0 saturated heterocycles. The van der Waals surface area contributed by atoms with Gasteiger partial charge in [-0.3, -0.25) is 0 Å². The van der Waals surface area contributed by atoms with E-state index < -0.39 is 0 Å². The largest absolute Gasteiger partial charge is 0.331 e. The third-order valence-electron chi connectivity index (χ3n) is 4.01. The van der Waals surface area contributed by atoms with Crippen LogP contribution in [0, 0.1) is 13.8 Å². The van der Waals surface area contributed by atoms with Crippen molar-refractivity contribution < 1.29 is 4.79 Å². The lowest BCUT2D eigenvalue weighted by atomic mass is 10.1. The molecule has 0 aliphatic rings. The van der Waals surface area contributed by atoms with E-state index in [-0.39, 0.29) is 12.1 Å². The van der Waals surface area contributed by atoms with E-state index in [9.17, 15) is 4.79 Å². The van der Waals surface area contributed by atoms with Crippen LogP contribution in [0.4, 0.5) is 10.5 Å². The number of anilines is 1. The van der Waals surface area contributed by atoms with Crippen LogP contribution in [0.2, 0.25) is 0 Å². The maximum Gasteiger partial charge on any atom is 0.319 e. The highest BCUT2D eigenvalue weighted by atomic mass is 16.2. The summed E-state index contributed by atoms with van der Waals surface area (Å²) >= 11 is 0. The van der Waals surface area contributed by atoms with Crippen molar-refractivity contribution >= 4 is 11.7 Å². The number of benzene rings is 2. The smallest absolute Gasteiger partial charge is 0.319 e. The molecule has 0 aliphatic carbocycles. The van der Waals surface area contributed by atoms with E-state index in [1.807, 2.05) is 86.1 Å². The first-order valence-corrected chi connectivity index (χ1v) is 8.29. The highest BCUT2D eigenvalue weighted by molar-refractivity contribution is 5.89. The van der Waals surface area contributed by atoms with Crippen LogP contribution < -0.4 is 10.6 Å². The molecular formula is C20H22N4O. The quantitative estimate of drug-likeness (QED) is 0.744. The molecule has 25 heavy (non-hydrogen) atoms. The number of hydrogen-bond donors (Lipinski definition) is 2. The number of aryl methyl sites for hydroxylation is 2. The molecule has 0 saturated carbocycles. The molecule has 0 spiro atoms. The highest BCUT2D eigenvalue weighted by Gasteiger charge is 2.10. The molecule has 2 amide bonds. The first-order chi connectivity index (χ1) is 12.0. The van der Waals surface area contributed by atoms with Gasteiger partial charge in [0.25, 0.3) is 0 Å². The van der Waals surface area contributed by atoms with Crippen molar-refractivity contribution in [2.75, 3.05) is 5.32 Å². The molecule has 0 fully saturated rings. The molecule has 5 nitrogen and oxygen atoms in total. The molecule has 1 aromatic heterocycles. The van der Waals surface area contributed by atoms with Gasteiger partial charge >= 0.3 is 6.03 Å². The van der Waals surface area contributed by atoms with Crippen molar-refractivity contribution in [2.24, 2.45) is 0 Å². The molecular weight excluding hydrogens is 312 g/mol. The van der Waals surface area contributed by atoms with E-state index in [1.54, 1.807) is 0 Å². The SMILES string of the molecule is Cc1cc(C)n(-c2cccc(NC(=O)NC(C)c3ccccc3)c2)n1. The van der Waals surface area contributed by atoms with E-state index in [0.717, 1.165) is 28.3 Å². The fourth-order valence-electron chi connectivity index (χ4n) is 2.79. The van der Waals surface area contributed by atoms with Gasteiger partial charge in [-0.2, -0.15) is 5.10 Å². The minimum absolute atomic E-state index is 0.0691. The van der Waals surface area contributed by atoms with E-state index in [4.69, 9.17) is 0 Å². The van der Waals surface area contributed by atoms with Crippen molar-refractivity contribution in [3.8, 4) is 5.69 Å². The molecule has 1 unspecified atom stereocenters. The van der Waals surface area contributed by atoms with Crippen molar-refractivity contribution in [1.82, 2.24) is 15.1 Å². The molecule has 0 radical (unpaired) electrons. The summed E-state index contributed by atoms with van der Waals surface area (Å²) < 4.78 is 1.87. The molecule has 3 aromatic rings. The van der Waals surface area contributed by atoms with Crippen LogP contribution in [0.3, 0.4) is 0 Å². The van der Waals surface area contributed by atoms with E-state index >= 15 is 0 Å². The van der Waals surface area contributed by atoms with Gasteiger partial charge in [-0.15, -0.1) is 0 Å². The van der Waals surface area contributed by atoms with E-state index in [0.29, 0.717) is 0 Å². The number of amides is 2. The Bertz CT molecular complexity index is 870. The van der Waals surface area contributed by atoms with Gasteiger partial charge < -0.3 is 10.6 Å². The number of rotatable bonds is 4. The second-order valence-corrected chi connectivity index (χ2v) is 6.12. The van der Waals surface area contributed by atoms with Gasteiger partial charge in [-0.25, -0.2) is 9.48 Å². The van der Waals surface area contributed by atoms with Crippen LogP contribution in [-0.4, -0.2) is 15.8 Å². The normalized spacial score (nSPS) is 11.8. The van der Waals surface area contributed by atoms with Crippen LogP contribution >= 0.6 is 0 Å². The topological polar surface area (TPSA) is 59.0 Å². The third-order valence-corrected chi connectivity index (χ3v) is 4.01. The number of aromatic nitrogens is 2. The van der Waals surface area contributed by atoms with Crippen molar-refractivity contribution in [3.63, 3.8) is 0 Å². The zero-order valence-electron chi connectivity index (χ0n) is 14.7. The fraction of sp³-hybridized carbons (Fsp3) is 0.200. The van der Waals surface area contributed by atoms with Crippen LogP contribution in [0.1, 0.15) is 29.9 Å². The zero-order chi connectivity index (χ0) is 17.8. The molecule has 5 heteroatoms. The predicted molar refractivity (Wildman–Crippen MR) is 100 cm³/mol. The van der Waals surface area contributed by atoms with Crippen LogP contribution in [0.5, 0.6) is 0 Å². The number of nitrogens with one attached hydrogen (secondary N) is 2. The molecule has 2 N–H and O–H groups in total. The number of hydrogen-bond acceptors (Lipinski definition) is 2. The van der Waals surface area contributed by atoms with Gasteiger partial charge in [0.15, 0.2) is 0 Å². The number of urea groups is 1. The van der Waals surface area contributed by atoms with Gasteiger partial charge in [-0.1, -0.05) is 36.4 Å². The minimum Gasteiger partial charge on any atom is -0.331 e. The monoisotopic (exact) mass is 334 g/mol. The Labute approximate surface area is 147 Å². The summed E-state index contributed by atoms with van der Waals surface area (Å²) in [7, 11) is 0. The lowest BCUT2D eigenvalue weighted by Crippen LogP contribution is -2.31. The summed E-state index contributed by atoms with van der Waals surface area (Å²) in [6, 6.07) is 19.2. The Hall–Kier alpha value is -3.08. The van der Waals surface area contributed by atoms with E-state index in [2.05, 4.69) is 15.7 Å². The first-order valence-electron chi connectivity index (χ1n) is 8.29.